The molecular weight excluding hydrogens is 281 g/mol. The molecule has 3 nitrogen and oxygen atoms in total. The van der Waals surface area contributed by atoms with Crippen molar-refractivity contribution in [3.8, 4) is 0 Å². The van der Waals surface area contributed by atoms with Crippen LogP contribution in [-0.4, -0.2) is 17.1 Å². The van der Waals surface area contributed by atoms with Crippen LogP contribution in [0.3, 0.4) is 0 Å². The van der Waals surface area contributed by atoms with Crippen molar-refractivity contribution in [2.45, 2.75) is 32.9 Å². The fourth-order valence-corrected chi connectivity index (χ4v) is 2.29. The highest BCUT2D eigenvalue weighted by Gasteiger charge is 2.20. The number of halogens is 1. The highest BCUT2D eigenvalue weighted by Crippen LogP contribution is 2.18. The summed E-state index contributed by atoms with van der Waals surface area (Å²) in [7, 11) is 0. The molecule has 22 heavy (non-hydrogen) atoms. The first-order valence-corrected chi connectivity index (χ1v) is 7.20. The highest BCUT2D eigenvalue weighted by molar-refractivity contribution is 5.96. The maximum absolute atomic E-state index is 12.9. The van der Waals surface area contributed by atoms with Crippen LogP contribution in [0.2, 0.25) is 0 Å². The van der Waals surface area contributed by atoms with Crippen LogP contribution in [0.5, 0.6) is 0 Å². The minimum atomic E-state index is -0.894. The van der Waals surface area contributed by atoms with Gasteiger partial charge in [-0.3, -0.25) is 4.79 Å². The third-order valence-electron chi connectivity index (χ3n) is 3.68. The quantitative estimate of drug-likeness (QED) is 0.910. The molecule has 0 saturated carbocycles. The van der Waals surface area contributed by atoms with Gasteiger partial charge in [0, 0.05) is 5.56 Å². The molecule has 2 rings (SSSR count). The Morgan fingerprint density at radius 1 is 1.14 bits per heavy atom. The van der Waals surface area contributed by atoms with E-state index < -0.39 is 12.1 Å². The van der Waals surface area contributed by atoms with Crippen molar-refractivity contribution >= 4 is 5.91 Å². The van der Waals surface area contributed by atoms with E-state index in [0.29, 0.717) is 11.1 Å². The zero-order valence-electron chi connectivity index (χ0n) is 12.9. The van der Waals surface area contributed by atoms with Crippen molar-refractivity contribution in [3.05, 3.63) is 70.5 Å². The van der Waals surface area contributed by atoms with Gasteiger partial charge in [0.15, 0.2) is 0 Å². The van der Waals surface area contributed by atoms with Gasteiger partial charge in [-0.25, -0.2) is 4.39 Å². The number of aryl methyl sites for hydroxylation is 2. The maximum Gasteiger partial charge on any atom is 0.251 e. The monoisotopic (exact) mass is 301 g/mol. The van der Waals surface area contributed by atoms with Crippen molar-refractivity contribution in [3.63, 3.8) is 0 Å². The minimum Gasteiger partial charge on any atom is -0.386 e. The number of benzene rings is 2. The molecule has 2 aromatic carbocycles. The lowest BCUT2D eigenvalue weighted by atomic mass is 10.0. The minimum absolute atomic E-state index is 0.227. The van der Waals surface area contributed by atoms with Gasteiger partial charge >= 0.3 is 0 Å². The number of carbonyl (C=O) groups is 1. The Hall–Kier alpha value is -2.20. The lowest BCUT2D eigenvalue weighted by Crippen LogP contribution is -2.37. The normalized spacial score (nSPS) is 13.5. The first kappa shape index (κ1) is 16.2. The molecule has 4 heteroatoms. The van der Waals surface area contributed by atoms with Crippen LogP contribution in [0, 0.1) is 19.7 Å². The Kier molecular flexibility index (Phi) is 4.93. The topological polar surface area (TPSA) is 49.3 Å². The van der Waals surface area contributed by atoms with Crippen molar-refractivity contribution in [1.82, 2.24) is 5.32 Å². The number of hydrogen-bond donors (Lipinski definition) is 2. The summed E-state index contributed by atoms with van der Waals surface area (Å²) in [6, 6.07) is 10.8. The van der Waals surface area contributed by atoms with Crippen molar-refractivity contribution in [2.24, 2.45) is 0 Å². The molecule has 0 bridgehead atoms. The van der Waals surface area contributed by atoms with E-state index in [1.54, 1.807) is 6.92 Å². The molecule has 2 aromatic rings. The van der Waals surface area contributed by atoms with E-state index in [4.69, 9.17) is 0 Å². The Morgan fingerprint density at radius 3 is 2.41 bits per heavy atom. The molecule has 0 aliphatic rings. The molecule has 0 aliphatic heterocycles. The van der Waals surface area contributed by atoms with Crippen LogP contribution in [0.1, 0.15) is 40.1 Å². The molecule has 0 aliphatic carbocycles. The standard InChI is InChI=1S/C18H20FNO2/c1-11-4-5-12(2)16(10-11)18(22)20-13(3)17(21)14-6-8-15(19)9-7-14/h4-10,13,17,21H,1-3H3,(H,20,22). The third kappa shape index (κ3) is 3.71. The largest absolute Gasteiger partial charge is 0.386 e. The summed E-state index contributed by atoms with van der Waals surface area (Å²) in [6.45, 7) is 5.51. The Labute approximate surface area is 129 Å². The summed E-state index contributed by atoms with van der Waals surface area (Å²) >= 11 is 0. The lowest BCUT2D eigenvalue weighted by Gasteiger charge is -2.21. The number of rotatable bonds is 4. The van der Waals surface area contributed by atoms with E-state index in [2.05, 4.69) is 5.32 Å². The number of carbonyl (C=O) groups excluding carboxylic acids is 1. The predicted octanol–water partition coefficient (Wildman–Crippen LogP) is 3.29. The second-order valence-electron chi connectivity index (χ2n) is 5.58. The van der Waals surface area contributed by atoms with E-state index >= 15 is 0 Å². The van der Waals surface area contributed by atoms with E-state index in [1.165, 1.54) is 24.3 Å². The molecule has 0 heterocycles. The number of aliphatic hydroxyl groups excluding tert-OH is 1. The van der Waals surface area contributed by atoms with Crippen molar-refractivity contribution in [2.75, 3.05) is 0 Å². The summed E-state index contributed by atoms with van der Waals surface area (Å²) in [5, 5.41) is 13.1. The van der Waals surface area contributed by atoms with Gasteiger partial charge in [-0.2, -0.15) is 0 Å². The number of nitrogens with one attached hydrogen (secondary N) is 1. The third-order valence-corrected chi connectivity index (χ3v) is 3.68. The van der Waals surface area contributed by atoms with Gasteiger partial charge in [0.25, 0.3) is 5.91 Å². The van der Waals surface area contributed by atoms with Gasteiger partial charge in [0.05, 0.1) is 12.1 Å². The average Bonchev–Trinajstić information content (AvgIpc) is 2.49. The van der Waals surface area contributed by atoms with Gasteiger partial charge in [0.1, 0.15) is 5.82 Å². The molecule has 0 spiro atoms. The van der Waals surface area contributed by atoms with Crippen LogP contribution in [0.4, 0.5) is 4.39 Å². The Bertz CT molecular complexity index is 667. The van der Waals surface area contributed by atoms with Gasteiger partial charge in [-0.15, -0.1) is 0 Å². The Morgan fingerprint density at radius 2 is 1.77 bits per heavy atom. The second kappa shape index (κ2) is 6.71. The first-order chi connectivity index (χ1) is 10.4. The molecule has 0 aromatic heterocycles. The van der Waals surface area contributed by atoms with Crippen LogP contribution < -0.4 is 5.32 Å². The summed E-state index contributed by atoms with van der Waals surface area (Å²) < 4.78 is 12.9. The van der Waals surface area contributed by atoms with Crippen LogP contribution in [0.25, 0.3) is 0 Å². The van der Waals surface area contributed by atoms with Gasteiger partial charge in [0.2, 0.25) is 0 Å². The van der Waals surface area contributed by atoms with Crippen LogP contribution in [-0.2, 0) is 0 Å². The zero-order valence-corrected chi connectivity index (χ0v) is 12.9. The molecule has 2 N–H and O–H groups in total. The van der Waals surface area contributed by atoms with E-state index in [1.807, 2.05) is 32.0 Å². The van der Waals surface area contributed by atoms with Crippen molar-refractivity contribution < 1.29 is 14.3 Å². The summed E-state index contributed by atoms with van der Waals surface area (Å²) in [5.41, 5.74) is 3.04. The van der Waals surface area contributed by atoms with Crippen molar-refractivity contribution in [1.29, 1.82) is 0 Å². The lowest BCUT2D eigenvalue weighted by molar-refractivity contribution is 0.0851. The SMILES string of the molecule is Cc1ccc(C)c(C(=O)NC(C)C(O)c2ccc(F)cc2)c1. The summed E-state index contributed by atoms with van der Waals surface area (Å²) in [4.78, 5) is 12.3. The molecule has 116 valence electrons. The molecule has 0 saturated heterocycles. The van der Waals surface area contributed by atoms with Gasteiger partial charge in [-0.05, 0) is 50.1 Å². The van der Waals surface area contributed by atoms with E-state index in [-0.39, 0.29) is 11.7 Å². The summed E-state index contributed by atoms with van der Waals surface area (Å²) in [6.07, 6.45) is -0.894. The number of amides is 1. The van der Waals surface area contributed by atoms with Crippen LogP contribution >= 0.6 is 0 Å². The fraction of sp³-hybridized carbons (Fsp3) is 0.278. The second-order valence-corrected chi connectivity index (χ2v) is 5.58. The zero-order chi connectivity index (χ0) is 16.3. The molecule has 0 fully saturated rings. The molecule has 2 atom stereocenters. The predicted molar refractivity (Wildman–Crippen MR) is 84.2 cm³/mol. The Balaban J connectivity index is 2.10. The van der Waals surface area contributed by atoms with E-state index in [0.717, 1.165) is 11.1 Å². The smallest absolute Gasteiger partial charge is 0.251 e. The van der Waals surface area contributed by atoms with Gasteiger partial charge in [-0.1, -0.05) is 29.8 Å². The molecule has 0 radical (unpaired) electrons. The average molecular weight is 301 g/mol. The maximum atomic E-state index is 12.9. The molecule has 1 amide bonds. The molecule has 2 unspecified atom stereocenters. The van der Waals surface area contributed by atoms with E-state index in [9.17, 15) is 14.3 Å². The number of aliphatic hydroxyl groups is 1. The highest BCUT2D eigenvalue weighted by atomic mass is 19.1. The van der Waals surface area contributed by atoms with Gasteiger partial charge < -0.3 is 10.4 Å². The fourth-order valence-electron chi connectivity index (χ4n) is 2.29. The number of hydrogen-bond acceptors (Lipinski definition) is 2. The first-order valence-electron chi connectivity index (χ1n) is 7.20. The van der Waals surface area contributed by atoms with Crippen LogP contribution in [0.15, 0.2) is 42.5 Å². The molecular formula is C18H20FNO2. The summed E-state index contributed by atoms with van der Waals surface area (Å²) in [5.74, 6) is -0.585.